The summed E-state index contributed by atoms with van der Waals surface area (Å²) in [7, 11) is 2.16. The number of hydrogen-bond donors (Lipinski definition) is 1. The van der Waals surface area contributed by atoms with E-state index in [0.717, 1.165) is 32.4 Å². The highest BCUT2D eigenvalue weighted by atomic mass is 16.1. The van der Waals surface area contributed by atoms with E-state index in [4.69, 9.17) is 0 Å². The van der Waals surface area contributed by atoms with Crippen LogP contribution in [0.2, 0.25) is 0 Å². The van der Waals surface area contributed by atoms with Crippen LogP contribution < -0.4 is 5.32 Å². The molecule has 3 heteroatoms. The van der Waals surface area contributed by atoms with Crippen LogP contribution in [-0.4, -0.2) is 30.4 Å². The Morgan fingerprint density at radius 1 is 1.04 bits per heavy atom. The Hall–Kier alpha value is -2.13. The molecule has 130 valence electrons. The Labute approximate surface area is 150 Å². The lowest BCUT2D eigenvalue weighted by atomic mass is 9.93. The van der Waals surface area contributed by atoms with E-state index >= 15 is 0 Å². The Morgan fingerprint density at radius 2 is 1.76 bits per heavy atom. The number of fused-ring (bicyclic) bond motifs is 2. The number of nitrogens with zero attached hydrogens (tertiary/aromatic N) is 1. The minimum atomic E-state index is 0.0980. The van der Waals surface area contributed by atoms with Crippen molar-refractivity contribution in [3.05, 3.63) is 70.3 Å². The molecule has 1 unspecified atom stereocenters. The second-order valence-electron chi connectivity index (χ2n) is 7.66. The number of carbonyl (C=O) groups is 1. The van der Waals surface area contributed by atoms with Gasteiger partial charge in [-0.1, -0.05) is 48.0 Å². The molecule has 0 aromatic heterocycles. The van der Waals surface area contributed by atoms with Gasteiger partial charge in [0.25, 0.3) is 0 Å². The van der Waals surface area contributed by atoms with Crippen LogP contribution in [0.4, 0.5) is 0 Å². The summed E-state index contributed by atoms with van der Waals surface area (Å²) in [4.78, 5) is 15.0. The van der Waals surface area contributed by atoms with Crippen molar-refractivity contribution in [2.45, 2.75) is 38.8 Å². The molecule has 1 atom stereocenters. The fourth-order valence-electron chi connectivity index (χ4n) is 4.24. The summed E-state index contributed by atoms with van der Waals surface area (Å²) in [5, 5.41) is 3.22. The van der Waals surface area contributed by atoms with E-state index < -0.39 is 0 Å². The molecule has 1 aliphatic heterocycles. The van der Waals surface area contributed by atoms with Gasteiger partial charge in [0.1, 0.15) is 0 Å². The van der Waals surface area contributed by atoms with Gasteiger partial charge in [0.15, 0.2) is 0 Å². The third-order valence-corrected chi connectivity index (χ3v) is 5.79. The van der Waals surface area contributed by atoms with Crippen LogP contribution in [0.5, 0.6) is 0 Å². The lowest BCUT2D eigenvalue weighted by Crippen LogP contribution is -2.46. The van der Waals surface area contributed by atoms with Crippen molar-refractivity contribution < 1.29 is 4.79 Å². The Balaban J connectivity index is 1.36. The van der Waals surface area contributed by atoms with Gasteiger partial charge < -0.3 is 5.32 Å². The summed E-state index contributed by atoms with van der Waals surface area (Å²) in [5.41, 5.74) is 6.84. The van der Waals surface area contributed by atoms with E-state index in [-0.39, 0.29) is 11.8 Å². The second kappa shape index (κ2) is 6.64. The van der Waals surface area contributed by atoms with E-state index in [9.17, 15) is 4.79 Å². The van der Waals surface area contributed by atoms with Gasteiger partial charge in [0.05, 0.1) is 0 Å². The maximum absolute atomic E-state index is 12.6. The van der Waals surface area contributed by atoms with E-state index in [1.54, 1.807) is 0 Å². The van der Waals surface area contributed by atoms with Gasteiger partial charge in [-0.3, -0.25) is 9.69 Å². The highest BCUT2D eigenvalue weighted by molar-refractivity contribution is 5.80. The molecule has 0 saturated carbocycles. The summed E-state index contributed by atoms with van der Waals surface area (Å²) in [6, 6.07) is 15.5. The second-order valence-corrected chi connectivity index (χ2v) is 7.66. The third-order valence-electron chi connectivity index (χ3n) is 5.79. The smallest absolute Gasteiger partial charge is 0.223 e. The van der Waals surface area contributed by atoms with Crippen molar-refractivity contribution in [2.75, 3.05) is 13.6 Å². The summed E-state index contributed by atoms with van der Waals surface area (Å²) < 4.78 is 0. The number of carbonyl (C=O) groups excluding carboxylic acids is 1. The molecule has 2 aromatic carbocycles. The average Bonchev–Trinajstić information content (AvgIpc) is 3.04. The fourth-order valence-corrected chi connectivity index (χ4v) is 4.24. The molecule has 1 aliphatic carbocycles. The molecule has 25 heavy (non-hydrogen) atoms. The van der Waals surface area contributed by atoms with Crippen molar-refractivity contribution in [2.24, 2.45) is 5.92 Å². The molecule has 3 nitrogen and oxygen atoms in total. The zero-order valence-electron chi connectivity index (χ0n) is 15.1. The molecule has 1 N–H and O–H groups in total. The predicted octanol–water partition coefficient (Wildman–Crippen LogP) is 2.88. The molecule has 0 fully saturated rings. The summed E-state index contributed by atoms with van der Waals surface area (Å²) in [6.45, 7) is 3.84. The summed E-state index contributed by atoms with van der Waals surface area (Å²) in [6.07, 6.45) is 2.77. The number of aryl methyl sites for hydroxylation is 1. The lowest BCUT2D eigenvalue weighted by molar-refractivity contribution is -0.125. The standard InChI is InChI=1S/C22H26N2O/c1-15-7-8-18-14-24(2)21(12-19(18)9-15)13-23-22(25)20-10-16-5-3-4-6-17(16)11-20/h3-9,20-21H,10-14H2,1-2H3,(H,23,25). The first-order valence-electron chi connectivity index (χ1n) is 9.23. The monoisotopic (exact) mass is 334 g/mol. The first-order chi connectivity index (χ1) is 12.1. The zero-order chi connectivity index (χ0) is 17.4. The highest BCUT2D eigenvalue weighted by Gasteiger charge is 2.29. The van der Waals surface area contributed by atoms with E-state index in [0.29, 0.717) is 6.04 Å². The van der Waals surface area contributed by atoms with E-state index in [1.807, 2.05) is 0 Å². The first kappa shape index (κ1) is 16.3. The summed E-state index contributed by atoms with van der Waals surface area (Å²) in [5.74, 6) is 0.306. The van der Waals surface area contributed by atoms with E-state index in [2.05, 4.69) is 66.7 Å². The lowest BCUT2D eigenvalue weighted by Gasteiger charge is -2.34. The van der Waals surface area contributed by atoms with Crippen molar-refractivity contribution >= 4 is 5.91 Å². The molecule has 0 saturated heterocycles. The highest BCUT2D eigenvalue weighted by Crippen LogP contribution is 2.27. The van der Waals surface area contributed by atoms with Crippen LogP contribution in [0.15, 0.2) is 42.5 Å². The molecular formula is C22H26N2O. The molecule has 2 aliphatic rings. The largest absolute Gasteiger partial charge is 0.354 e. The van der Waals surface area contributed by atoms with Gasteiger partial charge in [-0.05, 0) is 55.5 Å². The van der Waals surface area contributed by atoms with Crippen molar-refractivity contribution in [1.82, 2.24) is 10.2 Å². The molecule has 0 bridgehead atoms. The number of rotatable bonds is 3. The molecule has 0 spiro atoms. The van der Waals surface area contributed by atoms with Gasteiger partial charge in [-0.15, -0.1) is 0 Å². The van der Waals surface area contributed by atoms with E-state index in [1.165, 1.54) is 27.8 Å². The Morgan fingerprint density at radius 3 is 2.48 bits per heavy atom. The number of likely N-dealkylation sites (N-methyl/N-ethyl adjacent to an activating group) is 1. The predicted molar refractivity (Wildman–Crippen MR) is 100 cm³/mol. The Bertz CT molecular complexity index is 773. The molecule has 0 radical (unpaired) electrons. The number of amides is 1. The molecule has 1 amide bonds. The average molecular weight is 334 g/mol. The maximum atomic E-state index is 12.6. The number of benzene rings is 2. The van der Waals surface area contributed by atoms with Crippen molar-refractivity contribution in [3.63, 3.8) is 0 Å². The van der Waals surface area contributed by atoms with Gasteiger partial charge in [-0.2, -0.15) is 0 Å². The van der Waals surface area contributed by atoms with Crippen LogP contribution >= 0.6 is 0 Å². The van der Waals surface area contributed by atoms with Crippen molar-refractivity contribution in [1.29, 1.82) is 0 Å². The fraction of sp³-hybridized carbons (Fsp3) is 0.409. The molecule has 2 aromatic rings. The molecule has 4 rings (SSSR count). The zero-order valence-corrected chi connectivity index (χ0v) is 15.1. The Kier molecular flexibility index (Phi) is 4.34. The minimum Gasteiger partial charge on any atom is -0.354 e. The van der Waals surface area contributed by atoms with Crippen LogP contribution in [0.1, 0.15) is 27.8 Å². The van der Waals surface area contributed by atoms with Crippen LogP contribution in [0.25, 0.3) is 0 Å². The maximum Gasteiger partial charge on any atom is 0.223 e. The number of nitrogens with one attached hydrogen (secondary N) is 1. The molecule has 1 heterocycles. The topological polar surface area (TPSA) is 32.3 Å². The SMILES string of the molecule is Cc1ccc2c(c1)CC(CNC(=O)C1Cc3ccccc3C1)N(C)C2. The van der Waals surface area contributed by atoms with Crippen LogP contribution in [0, 0.1) is 12.8 Å². The van der Waals surface area contributed by atoms with Gasteiger partial charge in [-0.25, -0.2) is 0 Å². The van der Waals surface area contributed by atoms with Crippen LogP contribution in [0.3, 0.4) is 0 Å². The number of hydrogen-bond acceptors (Lipinski definition) is 2. The molecular weight excluding hydrogens is 308 g/mol. The minimum absolute atomic E-state index is 0.0980. The first-order valence-corrected chi connectivity index (χ1v) is 9.23. The quantitative estimate of drug-likeness (QED) is 0.936. The van der Waals surface area contributed by atoms with Gasteiger partial charge in [0, 0.05) is 25.0 Å². The summed E-state index contributed by atoms with van der Waals surface area (Å²) >= 11 is 0. The van der Waals surface area contributed by atoms with Gasteiger partial charge >= 0.3 is 0 Å². The normalized spacial score (nSPS) is 20.2. The third kappa shape index (κ3) is 3.34. The van der Waals surface area contributed by atoms with Crippen LogP contribution in [-0.2, 0) is 30.6 Å². The van der Waals surface area contributed by atoms with Crippen molar-refractivity contribution in [3.8, 4) is 0 Å². The van der Waals surface area contributed by atoms with Gasteiger partial charge in [0.2, 0.25) is 5.91 Å².